The molecule has 1 heterocycles. The normalized spacial score (nSPS) is 18.8. The Bertz CT molecular complexity index is 672. The number of halogens is 3. The minimum Gasteiger partial charge on any atom is -0.493 e. The van der Waals surface area contributed by atoms with Gasteiger partial charge in [0, 0.05) is 16.3 Å². The van der Waals surface area contributed by atoms with Gasteiger partial charge in [-0.2, -0.15) is 0 Å². The van der Waals surface area contributed by atoms with Gasteiger partial charge in [0.25, 0.3) is 0 Å². The maximum atomic E-state index is 14.2. The van der Waals surface area contributed by atoms with Gasteiger partial charge in [-0.05, 0) is 42.7 Å². The summed E-state index contributed by atoms with van der Waals surface area (Å²) in [7, 11) is 0. The second-order valence-electron chi connectivity index (χ2n) is 5.31. The van der Waals surface area contributed by atoms with Crippen LogP contribution in [0.15, 0.2) is 36.4 Å². The molecule has 2 aromatic carbocycles. The summed E-state index contributed by atoms with van der Waals surface area (Å²) in [5.74, 6) is 0.133. The van der Waals surface area contributed by atoms with Crippen LogP contribution in [0.5, 0.6) is 5.75 Å². The lowest BCUT2D eigenvalue weighted by atomic mass is 9.87. The molecule has 0 aromatic heterocycles. The second-order valence-corrected chi connectivity index (χ2v) is 6.29. The Morgan fingerprint density at radius 1 is 1.19 bits per heavy atom. The first-order valence-corrected chi connectivity index (χ1v) is 7.81. The molecule has 0 saturated heterocycles. The maximum absolute atomic E-state index is 14.2. The number of para-hydroxylation sites is 1. The van der Waals surface area contributed by atoms with Crippen LogP contribution in [0, 0.1) is 18.6 Å². The van der Waals surface area contributed by atoms with Gasteiger partial charge in [0.15, 0.2) is 0 Å². The van der Waals surface area contributed by atoms with Crippen LogP contribution in [-0.2, 0) is 0 Å². The lowest BCUT2D eigenvalue weighted by Gasteiger charge is -2.30. The zero-order valence-electron chi connectivity index (χ0n) is 11.6. The molecule has 0 saturated carbocycles. The third-order valence-corrected chi connectivity index (χ3v) is 5.06. The van der Waals surface area contributed by atoms with Crippen molar-refractivity contribution in [2.24, 2.45) is 0 Å². The predicted molar refractivity (Wildman–Crippen MR) is 82.1 cm³/mol. The Morgan fingerprint density at radius 3 is 2.76 bits per heavy atom. The number of benzene rings is 2. The third-order valence-electron chi connectivity index (χ3n) is 3.93. The van der Waals surface area contributed by atoms with E-state index in [4.69, 9.17) is 4.74 Å². The largest absolute Gasteiger partial charge is 0.493 e. The van der Waals surface area contributed by atoms with E-state index < -0.39 is 0 Å². The van der Waals surface area contributed by atoms with Gasteiger partial charge in [-0.1, -0.05) is 34.1 Å². The second kappa shape index (κ2) is 5.76. The fourth-order valence-corrected chi connectivity index (χ4v) is 3.66. The summed E-state index contributed by atoms with van der Waals surface area (Å²) >= 11 is 3.56. The Labute approximate surface area is 131 Å². The molecule has 0 aliphatic carbocycles. The van der Waals surface area contributed by atoms with E-state index in [0.29, 0.717) is 17.7 Å². The van der Waals surface area contributed by atoms with E-state index in [1.54, 1.807) is 6.92 Å². The number of alkyl halides is 1. The average molecular weight is 353 g/mol. The summed E-state index contributed by atoms with van der Waals surface area (Å²) < 4.78 is 33.6. The van der Waals surface area contributed by atoms with E-state index in [2.05, 4.69) is 15.9 Å². The molecular weight excluding hydrogens is 338 g/mol. The molecule has 110 valence electrons. The lowest BCUT2D eigenvalue weighted by Crippen LogP contribution is -2.18. The van der Waals surface area contributed by atoms with E-state index in [1.807, 2.05) is 24.3 Å². The van der Waals surface area contributed by atoms with E-state index in [1.165, 1.54) is 12.1 Å². The zero-order valence-corrected chi connectivity index (χ0v) is 13.2. The number of fused-ring (bicyclic) bond motifs is 1. The van der Waals surface area contributed by atoms with Gasteiger partial charge in [-0.15, -0.1) is 0 Å². The fourth-order valence-electron chi connectivity index (χ4n) is 2.76. The maximum Gasteiger partial charge on any atom is 0.128 e. The molecule has 0 spiro atoms. The Balaban J connectivity index is 2.00. The molecule has 1 nitrogen and oxygen atoms in total. The highest BCUT2D eigenvalue weighted by molar-refractivity contribution is 9.09. The van der Waals surface area contributed by atoms with Crippen LogP contribution in [0.3, 0.4) is 0 Å². The first-order valence-electron chi connectivity index (χ1n) is 6.89. The molecule has 4 heteroatoms. The molecule has 21 heavy (non-hydrogen) atoms. The third kappa shape index (κ3) is 2.69. The van der Waals surface area contributed by atoms with Crippen molar-refractivity contribution in [2.75, 3.05) is 6.61 Å². The van der Waals surface area contributed by atoms with Gasteiger partial charge < -0.3 is 4.74 Å². The summed E-state index contributed by atoms with van der Waals surface area (Å²) in [6.07, 6.45) is 0.766. The summed E-state index contributed by atoms with van der Waals surface area (Å²) in [5.41, 5.74) is 1.72. The summed E-state index contributed by atoms with van der Waals surface area (Å²) in [6, 6.07) is 10.3. The zero-order chi connectivity index (χ0) is 15.0. The van der Waals surface area contributed by atoms with E-state index in [-0.39, 0.29) is 22.4 Å². The van der Waals surface area contributed by atoms with Crippen molar-refractivity contribution in [3.8, 4) is 5.75 Å². The van der Waals surface area contributed by atoms with Crippen molar-refractivity contribution in [2.45, 2.75) is 24.1 Å². The summed E-state index contributed by atoms with van der Waals surface area (Å²) in [6.45, 7) is 2.15. The lowest BCUT2D eigenvalue weighted by molar-refractivity contribution is 0.265. The molecule has 3 rings (SSSR count). The van der Waals surface area contributed by atoms with E-state index in [0.717, 1.165) is 17.7 Å². The van der Waals surface area contributed by atoms with Crippen LogP contribution < -0.4 is 4.74 Å². The minimum atomic E-state index is -0.379. The highest BCUT2D eigenvalue weighted by atomic mass is 79.9. The van der Waals surface area contributed by atoms with Gasteiger partial charge in [0.05, 0.1) is 6.61 Å². The monoisotopic (exact) mass is 352 g/mol. The smallest absolute Gasteiger partial charge is 0.128 e. The quantitative estimate of drug-likeness (QED) is 0.668. The van der Waals surface area contributed by atoms with Crippen LogP contribution in [0.1, 0.15) is 33.9 Å². The van der Waals surface area contributed by atoms with Crippen LogP contribution in [0.4, 0.5) is 8.78 Å². The SMILES string of the molecule is Cc1cc(F)c(C(Br)C2CCOc3ccccc32)cc1F. The van der Waals surface area contributed by atoms with Crippen molar-refractivity contribution in [3.05, 3.63) is 64.7 Å². The Hall–Kier alpha value is -1.42. The van der Waals surface area contributed by atoms with Crippen molar-refractivity contribution in [1.82, 2.24) is 0 Å². The van der Waals surface area contributed by atoms with Crippen LogP contribution >= 0.6 is 15.9 Å². The summed E-state index contributed by atoms with van der Waals surface area (Å²) in [4.78, 5) is -0.280. The Morgan fingerprint density at radius 2 is 1.95 bits per heavy atom. The number of ether oxygens (including phenoxy) is 1. The minimum absolute atomic E-state index is 0.0616. The van der Waals surface area contributed by atoms with Gasteiger partial charge in [-0.25, -0.2) is 8.78 Å². The molecule has 0 N–H and O–H groups in total. The fraction of sp³-hybridized carbons (Fsp3) is 0.294. The molecule has 0 amide bonds. The predicted octanol–water partition coefficient (Wildman–Crippen LogP) is 5.28. The molecule has 0 bridgehead atoms. The van der Waals surface area contributed by atoms with Gasteiger partial charge in [0.2, 0.25) is 0 Å². The molecule has 1 aliphatic rings. The van der Waals surface area contributed by atoms with Crippen molar-refractivity contribution in [1.29, 1.82) is 0 Å². The molecule has 2 aromatic rings. The van der Waals surface area contributed by atoms with Crippen molar-refractivity contribution in [3.63, 3.8) is 0 Å². The topological polar surface area (TPSA) is 9.23 Å². The molecule has 0 fully saturated rings. The first-order chi connectivity index (χ1) is 10.1. The van der Waals surface area contributed by atoms with Crippen LogP contribution in [0.25, 0.3) is 0 Å². The average Bonchev–Trinajstić information content (AvgIpc) is 2.49. The van der Waals surface area contributed by atoms with E-state index >= 15 is 0 Å². The molecule has 0 radical (unpaired) electrons. The van der Waals surface area contributed by atoms with Crippen molar-refractivity contribution >= 4 is 15.9 Å². The highest BCUT2D eigenvalue weighted by Gasteiger charge is 2.30. The van der Waals surface area contributed by atoms with Crippen LogP contribution in [0.2, 0.25) is 0 Å². The number of hydrogen-bond acceptors (Lipinski definition) is 1. The summed E-state index contributed by atoms with van der Waals surface area (Å²) in [5, 5.41) is 0. The van der Waals surface area contributed by atoms with Crippen molar-refractivity contribution < 1.29 is 13.5 Å². The van der Waals surface area contributed by atoms with Gasteiger partial charge in [0.1, 0.15) is 17.4 Å². The number of aryl methyl sites for hydroxylation is 1. The molecular formula is C17H15BrF2O. The van der Waals surface area contributed by atoms with E-state index in [9.17, 15) is 8.78 Å². The van der Waals surface area contributed by atoms with Gasteiger partial charge in [-0.3, -0.25) is 0 Å². The molecule has 1 aliphatic heterocycles. The Kier molecular flexibility index (Phi) is 3.98. The first kappa shape index (κ1) is 14.5. The number of hydrogen-bond donors (Lipinski definition) is 0. The highest BCUT2D eigenvalue weighted by Crippen LogP contribution is 2.46. The molecule has 2 unspecified atom stereocenters. The van der Waals surface area contributed by atoms with Gasteiger partial charge >= 0.3 is 0 Å². The standard InChI is InChI=1S/C17H15BrF2O/c1-10-8-15(20)13(9-14(10)19)17(18)12-6-7-21-16-5-3-2-4-11(12)16/h2-5,8-9,12,17H,6-7H2,1H3. The van der Waals surface area contributed by atoms with Crippen LogP contribution in [-0.4, -0.2) is 6.61 Å². The number of rotatable bonds is 2. The molecule has 2 atom stereocenters.